The lowest BCUT2D eigenvalue weighted by Crippen LogP contribution is -2.14. The summed E-state index contributed by atoms with van der Waals surface area (Å²) < 4.78 is 11.5. The van der Waals surface area contributed by atoms with Gasteiger partial charge in [0.15, 0.2) is 0 Å². The summed E-state index contributed by atoms with van der Waals surface area (Å²) in [6.45, 7) is 13.7. The van der Waals surface area contributed by atoms with Gasteiger partial charge in [0, 0.05) is 11.5 Å². The summed E-state index contributed by atoms with van der Waals surface area (Å²) in [5.74, 6) is 2.03. The van der Waals surface area contributed by atoms with Crippen molar-refractivity contribution in [1.82, 2.24) is 9.97 Å². The number of hydrogen-bond donors (Lipinski definition) is 1. The summed E-state index contributed by atoms with van der Waals surface area (Å²) in [5.41, 5.74) is 1.99. The van der Waals surface area contributed by atoms with Gasteiger partial charge >= 0.3 is 11.9 Å². The van der Waals surface area contributed by atoms with Gasteiger partial charge in [-0.2, -0.15) is 12.6 Å². The van der Waals surface area contributed by atoms with Crippen molar-refractivity contribution >= 4 is 82.1 Å². The van der Waals surface area contributed by atoms with Crippen LogP contribution in [0, 0.1) is 29.4 Å². The van der Waals surface area contributed by atoms with Gasteiger partial charge in [-0.3, -0.25) is 9.59 Å². The standard InChI is InChI=1S/C17H26ClNO2S.C11H22O2S.C6H5ClIN/c1-4-6-7-14(5-2)12-21-16(20)10-11-22-15-9-8-13(3)17(18)19-15;1-3-5-6-10(4-2)9-13-11(12)7-8-14;1-4-2-3-5(8)9-6(4)7/h8-9,14H,4-7,10-12H2,1-3H3;10,14H,3-9H2,1-2H3;2-3H,1H3. The maximum Gasteiger partial charge on any atom is 0.306 e. The van der Waals surface area contributed by atoms with Gasteiger partial charge in [-0.1, -0.05) is 102 Å². The zero-order chi connectivity index (χ0) is 34.0. The summed E-state index contributed by atoms with van der Waals surface area (Å²) in [7, 11) is 0. The summed E-state index contributed by atoms with van der Waals surface area (Å²) in [6, 6.07) is 7.75. The average molecular weight is 816 g/mol. The van der Waals surface area contributed by atoms with Gasteiger partial charge in [-0.15, -0.1) is 11.8 Å². The Morgan fingerprint density at radius 2 is 1.31 bits per heavy atom. The van der Waals surface area contributed by atoms with Gasteiger partial charge in [-0.05, 0) is 84.4 Å². The summed E-state index contributed by atoms with van der Waals surface area (Å²) in [6.07, 6.45) is 10.1. The molecule has 0 radical (unpaired) electrons. The van der Waals surface area contributed by atoms with E-state index in [4.69, 9.17) is 32.7 Å². The van der Waals surface area contributed by atoms with E-state index in [0.29, 0.717) is 59.7 Å². The fourth-order valence-electron chi connectivity index (χ4n) is 3.74. The third-order valence-electron chi connectivity index (χ3n) is 6.93. The second-order valence-corrected chi connectivity index (χ2v) is 14.2. The molecule has 2 aromatic rings. The molecule has 2 rings (SSSR count). The highest BCUT2D eigenvalue weighted by Crippen LogP contribution is 2.21. The van der Waals surface area contributed by atoms with Crippen molar-refractivity contribution in [2.24, 2.45) is 11.8 Å². The number of halogens is 3. The van der Waals surface area contributed by atoms with Gasteiger partial charge in [-0.25, -0.2) is 9.97 Å². The minimum absolute atomic E-state index is 0.116. The molecule has 0 saturated carbocycles. The molecule has 0 amide bonds. The van der Waals surface area contributed by atoms with Crippen LogP contribution in [-0.4, -0.2) is 46.6 Å². The number of rotatable bonds is 18. The van der Waals surface area contributed by atoms with Crippen LogP contribution < -0.4 is 0 Å². The van der Waals surface area contributed by atoms with Crippen molar-refractivity contribution in [3.8, 4) is 0 Å². The number of thioether (sulfide) groups is 1. The predicted molar refractivity (Wildman–Crippen MR) is 203 cm³/mol. The number of hydrogen-bond acceptors (Lipinski definition) is 8. The number of carbonyl (C=O) groups excluding carboxylic acids is 2. The first kappa shape index (κ1) is 44.2. The van der Waals surface area contributed by atoms with Crippen LogP contribution in [0.25, 0.3) is 0 Å². The van der Waals surface area contributed by atoms with Crippen LogP contribution in [0.2, 0.25) is 10.3 Å². The lowest BCUT2D eigenvalue weighted by atomic mass is 10.0. The fourth-order valence-corrected chi connectivity index (χ4v) is 5.64. The van der Waals surface area contributed by atoms with Crippen LogP contribution in [0.3, 0.4) is 0 Å². The number of pyridine rings is 2. The number of esters is 2. The number of thiol groups is 1. The van der Waals surface area contributed by atoms with Crippen molar-refractivity contribution in [2.75, 3.05) is 24.7 Å². The molecule has 0 aromatic carbocycles. The Bertz CT molecular complexity index is 1100. The molecule has 0 fully saturated rings. The molecule has 0 aliphatic rings. The van der Waals surface area contributed by atoms with E-state index >= 15 is 0 Å². The SMILES string of the molecule is CCCCC(CC)COC(=O)CCS.CCCCC(CC)COC(=O)CCSc1ccc(C)c(Cl)n1.Cc1ccc(I)nc1Cl. The second kappa shape index (κ2) is 28.3. The van der Waals surface area contributed by atoms with Crippen LogP contribution in [0.4, 0.5) is 0 Å². The Kier molecular flexibility index (Phi) is 27.8. The molecule has 0 aliphatic heterocycles. The molecule has 2 atom stereocenters. The van der Waals surface area contributed by atoms with Crippen molar-refractivity contribution in [3.63, 3.8) is 0 Å². The quantitative estimate of drug-likeness (QED) is 0.0528. The number of aryl methyl sites for hydroxylation is 2. The van der Waals surface area contributed by atoms with Crippen LogP contribution in [0.15, 0.2) is 29.3 Å². The first-order valence-corrected chi connectivity index (χ1v) is 19.4. The number of aromatic nitrogens is 2. The van der Waals surface area contributed by atoms with E-state index in [1.54, 1.807) is 0 Å². The highest BCUT2D eigenvalue weighted by molar-refractivity contribution is 14.1. The largest absolute Gasteiger partial charge is 0.465 e. The van der Waals surface area contributed by atoms with Crippen LogP contribution >= 0.6 is 70.2 Å². The van der Waals surface area contributed by atoms with Gasteiger partial charge in [0.25, 0.3) is 0 Å². The molecule has 6 nitrogen and oxygen atoms in total. The van der Waals surface area contributed by atoms with E-state index in [9.17, 15) is 9.59 Å². The van der Waals surface area contributed by atoms with E-state index in [0.717, 1.165) is 39.1 Å². The maximum absolute atomic E-state index is 11.8. The average Bonchev–Trinajstić information content (AvgIpc) is 3.02. The van der Waals surface area contributed by atoms with Crippen molar-refractivity contribution in [3.05, 3.63) is 49.4 Å². The molecule has 45 heavy (non-hydrogen) atoms. The molecule has 0 spiro atoms. The number of carbonyl (C=O) groups is 2. The van der Waals surface area contributed by atoms with Gasteiger partial charge in [0.2, 0.25) is 0 Å². The summed E-state index contributed by atoms with van der Waals surface area (Å²) >= 11 is 19.3. The molecular formula is C34H53Cl2IN2O4S2. The normalized spacial score (nSPS) is 11.8. The zero-order valence-corrected chi connectivity index (χ0v) is 33.3. The highest BCUT2D eigenvalue weighted by atomic mass is 127. The van der Waals surface area contributed by atoms with Crippen LogP contribution in [0.1, 0.15) is 103 Å². The number of unbranched alkanes of at least 4 members (excludes halogenated alkanes) is 2. The molecule has 0 bridgehead atoms. The molecule has 2 heterocycles. The van der Waals surface area contributed by atoms with E-state index in [2.05, 4.69) is 72.9 Å². The fraction of sp³-hybridized carbons (Fsp3) is 0.647. The molecule has 0 saturated heterocycles. The van der Waals surface area contributed by atoms with Crippen molar-refractivity contribution < 1.29 is 19.1 Å². The Morgan fingerprint density at radius 3 is 1.73 bits per heavy atom. The summed E-state index contributed by atoms with van der Waals surface area (Å²) in [4.78, 5) is 31.1. The van der Waals surface area contributed by atoms with Crippen LogP contribution in [0.5, 0.6) is 0 Å². The molecule has 2 aromatic heterocycles. The topological polar surface area (TPSA) is 78.4 Å². The van der Waals surface area contributed by atoms with Crippen molar-refractivity contribution in [1.29, 1.82) is 0 Å². The Morgan fingerprint density at radius 1 is 0.822 bits per heavy atom. The van der Waals surface area contributed by atoms with E-state index in [1.165, 1.54) is 43.9 Å². The first-order valence-electron chi connectivity index (χ1n) is 16.0. The first-order chi connectivity index (χ1) is 21.5. The van der Waals surface area contributed by atoms with E-state index in [-0.39, 0.29) is 11.9 Å². The minimum atomic E-state index is -0.124. The molecule has 0 aliphatic carbocycles. The molecule has 256 valence electrons. The molecule has 11 heteroatoms. The third kappa shape index (κ3) is 23.3. The molecular weight excluding hydrogens is 762 g/mol. The monoisotopic (exact) mass is 814 g/mol. The Labute approximate surface area is 305 Å². The van der Waals surface area contributed by atoms with Gasteiger partial charge < -0.3 is 9.47 Å². The molecule has 0 N–H and O–H groups in total. The Hall–Kier alpha value is -0.750. The number of ether oxygens (including phenoxy) is 2. The maximum atomic E-state index is 11.8. The predicted octanol–water partition coefficient (Wildman–Crippen LogP) is 11.0. The van der Waals surface area contributed by atoms with Crippen molar-refractivity contribution in [2.45, 2.75) is 111 Å². The smallest absolute Gasteiger partial charge is 0.306 e. The van der Waals surface area contributed by atoms with Gasteiger partial charge in [0.05, 0.1) is 31.1 Å². The summed E-state index contributed by atoms with van der Waals surface area (Å²) in [5, 5.41) is 1.97. The highest BCUT2D eigenvalue weighted by Gasteiger charge is 2.11. The molecule has 2 unspecified atom stereocenters. The van der Waals surface area contributed by atoms with E-state index < -0.39 is 0 Å². The van der Waals surface area contributed by atoms with Gasteiger partial charge in [0.1, 0.15) is 14.0 Å². The van der Waals surface area contributed by atoms with Crippen LogP contribution in [-0.2, 0) is 19.1 Å². The zero-order valence-electron chi connectivity index (χ0n) is 27.9. The van der Waals surface area contributed by atoms with E-state index in [1.807, 2.05) is 38.1 Å². The second-order valence-electron chi connectivity index (χ2n) is 10.8. The lowest BCUT2D eigenvalue weighted by Gasteiger charge is -2.14. The minimum Gasteiger partial charge on any atom is -0.465 e. The lowest BCUT2D eigenvalue weighted by molar-refractivity contribution is -0.145. The number of nitrogens with zero attached hydrogens (tertiary/aromatic N) is 2. The third-order valence-corrected chi connectivity index (χ3v) is 9.45. The Balaban J connectivity index is 0.000000715.